The molecule has 0 aliphatic heterocycles. The molecule has 2 aromatic rings. The van der Waals surface area contributed by atoms with E-state index in [1.165, 1.54) is 12.5 Å². The van der Waals surface area contributed by atoms with Crippen LogP contribution in [0, 0.1) is 29.1 Å². The molecule has 0 saturated heterocycles. The number of nitrogens with one attached hydrogen (secondary N) is 4. The number of carbonyl (C=O) groups excluding carboxylic acids is 2. The molecule has 0 spiro atoms. The van der Waals surface area contributed by atoms with Crippen LogP contribution in [0.3, 0.4) is 0 Å². The Bertz CT molecular complexity index is 1780. The Morgan fingerprint density at radius 1 is 0.794 bits per heavy atom. The maximum absolute atomic E-state index is 14.3. The van der Waals surface area contributed by atoms with E-state index in [9.17, 15) is 15.0 Å². The minimum absolute atomic E-state index is 0.0383. The Kier molecular flexibility index (Phi) is 19.1. The SMILES string of the molecule is COc1cccc(OC)c1/C(=C/C(=N)C(=O)NC1(C(=O)OC(C)(C)C)C2CC3CC(C2)CC1C3)Nc1ccc(NCCOCCOCCOCCOCCOCCN)cc1C(C)C. The standard InChI is InChI=1S/C48H73N5O10/c1-32(2)38-30-37(51-14-16-59-18-20-61-22-24-62-23-21-60-19-17-58-15-13-49)11-12-40(38)52-41(44-42(56-6)9-8-10-43(44)57-7)31-39(50)45(54)53-48(46(55)63-47(3,4)5)35-26-33-25-34(28-35)29-36(48)27-33/h8-12,30-36,50-52H,13-29,49H2,1-7H3,(H,53,54)/b41-31-,50-39?. The maximum atomic E-state index is 14.3. The molecule has 0 aromatic heterocycles. The van der Waals surface area contributed by atoms with Gasteiger partial charge in [0.05, 0.1) is 91.5 Å². The number of esters is 1. The molecule has 0 atom stereocenters. The fourth-order valence-corrected chi connectivity index (χ4v) is 9.37. The van der Waals surface area contributed by atoms with E-state index >= 15 is 0 Å². The van der Waals surface area contributed by atoms with E-state index in [0.717, 1.165) is 42.6 Å². The van der Waals surface area contributed by atoms with Gasteiger partial charge >= 0.3 is 5.97 Å². The lowest BCUT2D eigenvalue weighted by atomic mass is 9.48. The lowest BCUT2D eigenvalue weighted by molar-refractivity contribution is -0.183. The molecule has 350 valence electrons. The molecule has 15 heteroatoms. The third-order valence-electron chi connectivity index (χ3n) is 12.0. The summed E-state index contributed by atoms with van der Waals surface area (Å²) < 4.78 is 45.3. The first-order valence-corrected chi connectivity index (χ1v) is 22.6. The second-order valence-electron chi connectivity index (χ2n) is 18.0. The number of ether oxygens (including phenoxy) is 8. The molecule has 2 aromatic carbocycles. The summed E-state index contributed by atoms with van der Waals surface area (Å²) in [6.45, 7) is 15.8. The highest BCUT2D eigenvalue weighted by Gasteiger charge is 2.63. The Balaban J connectivity index is 1.22. The van der Waals surface area contributed by atoms with Crippen molar-refractivity contribution in [2.45, 2.75) is 83.8 Å². The highest BCUT2D eigenvalue weighted by molar-refractivity contribution is 6.43. The Morgan fingerprint density at radius 3 is 1.81 bits per heavy atom. The van der Waals surface area contributed by atoms with Gasteiger partial charge in [-0.15, -0.1) is 0 Å². The van der Waals surface area contributed by atoms with Gasteiger partial charge in [-0.25, -0.2) is 4.79 Å². The predicted octanol–water partition coefficient (Wildman–Crippen LogP) is 6.41. The number of carbonyl (C=O) groups is 2. The van der Waals surface area contributed by atoms with Crippen molar-refractivity contribution < 1.29 is 47.5 Å². The van der Waals surface area contributed by atoms with Crippen LogP contribution < -0.4 is 31.2 Å². The van der Waals surface area contributed by atoms with E-state index in [-0.39, 0.29) is 23.5 Å². The Hall–Kier alpha value is -4.25. The highest BCUT2D eigenvalue weighted by atomic mass is 16.6. The first kappa shape index (κ1) is 49.8. The van der Waals surface area contributed by atoms with E-state index in [1.54, 1.807) is 14.2 Å². The molecule has 4 fully saturated rings. The Labute approximate surface area is 374 Å². The van der Waals surface area contributed by atoms with Gasteiger partial charge in [-0.2, -0.15) is 0 Å². The summed E-state index contributed by atoms with van der Waals surface area (Å²) in [7, 11) is 3.14. The van der Waals surface area contributed by atoms with E-state index in [0.29, 0.717) is 114 Å². The van der Waals surface area contributed by atoms with Crippen LogP contribution >= 0.6 is 0 Å². The van der Waals surface area contributed by atoms with Crippen molar-refractivity contribution in [3.63, 3.8) is 0 Å². The van der Waals surface area contributed by atoms with E-state index in [1.807, 2.05) is 51.1 Å². The molecular weight excluding hydrogens is 807 g/mol. The fourth-order valence-electron chi connectivity index (χ4n) is 9.37. The van der Waals surface area contributed by atoms with Crippen molar-refractivity contribution in [3.8, 4) is 11.5 Å². The third-order valence-corrected chi connectivity index (χ3v) is 12.0. The van der Waals surface area contributed by atoms with Crippen LogP contribution in [0.2, 0.25) is 0 Å². The first-order chi connectivity index (χ1) is 30.3. The summed E-state index contributed by atoms with van der Waals surface area (Å²) in [5.74, 6) is 1.10. The van der Waals surface area contributed by atoms with Gasteiger partial charge in [0.15, 0.2) is 0 Å². The smallest absolute Gasteiger partial charge is 0.332 e. The molecular formula is C48H73N5O10. The first-order valence-electron chi connectivity index (χ1n) is 22.6. The molecule has 0 unspecified atom stereocenters. The maximum Gasteiger partial charge on any atom is 0.332 e. The topological polar surface area (TPSA) is 194 Å². The quantitative estimate of drug-likeness (QED) is 0.0358. The molecule has 63 heavy (non-hydrogen) atoms. The minimum atomic E-state index is -1.19. The number of anilines is 2. The fraction of sp³-hybridized carbons (Fsp3) is 0.646. The molecule has 0 radical (unpaired) electrons. The molecule has 15 nitrogen and oxygen atoms in total. The number of methoxy groups -OCH3 is 2. The average Bonchev–Trinajstić information content (AvgIpc) is 3.24. The van der Waals surface area contributed by atoms with Crippen LogP contribution in [-0.4, -0.2) is 122 Å². The molecule has 4 saturated carbocycles. The number of nitrogens with two attached hydrogens (primary N) is 1. The van der Waals surface area contributed by atoms with Crippen LogP contribution in [0.25, 0.3) is 5.70 Å². The minimum Gasteiger partial charge on any atom is -0.496 e. The predicted molar refractivity (Wildman–Crippen MR) is 245 cm³/mol. The van der Waals surface area contributed by atoms with Crippen LogP contribution in [0.5, 0.6) is 11.5 Å². The number of hydrogen-bond acceptors (Lipinski definition) is 14. The zero-order chi connectivity index (χ0) is 45.4. The summed E-state index contributed by atoms with van der Waals surface area (Å²) >= 11 is 0. The summed E-state index contributed by atoms with van der Waals surface area (Å²) in [6.07, 6.45) is 6.16. The molecule has 1 amide bonds. The largest absolute Gasteiger partial charge is 0.496 e. The van der Waals surface area contributed by atoms with Crippen molar-refractivity contribution in [1.29, 1.82) is 5.41 Å². The van der Waals surface area contributed by atoms with Gasteiger partial charge in [0.25, 0.3) is 5.91 Å². The lowest BCUT2D eigenvalue weighted by Gasteiger charge is -2.59. The number of rotatable bonds is 28. The second kappa shape index (κ2) is 24.2. The van der Waals surface area contributed by atoms with Gasteiger partial charge in [-0.05, 0) is 124 Å². The lowest BCUT2D eigenvalue weighted by Crippen LogP contribution is -2.71. The van der Waals surface area contributed by atoms with Gasteiger partial charge < -0.3 is 59.6 Å². The zero-order valence-electron chi connectivity index (χ0n) is 38.6. The summed E-state index contributed by atoms with van der Waals surface area (Å²) in [5.41, 5.74) is 6.85. The van der Waals surface area contributed by atoms with E-state index in [2.05, 4.69) is 35.9 Å². The molecule has 4 aliphatic rings. The van der Waals surface area contributed by atoms with Gasteiger partial charge in [0, 0.05) is 24.5 Å². The highest BCUT2D eigenvalue weighted by Crippen LogP contribution is 2.59. The summed E-state index contributed by atoms with van der Waals surface area (Å²) in [5, 5.41) is 19.4. The summed E-state index contributed by atoms with van der Waals surface area (Å²) in [6, 6.07) is 11.5. The Morgan fingerprint density at radius 2 is 1.32 bits per heavy atom. The average molecular weight is 880 g/mol. The van der Waals surface area contributed by atoms with E-state index in [4.69, 9.17) is 43.6 Å². The molecule has 0 heterocycles. The van der Waals surface area contributed by atoms with Gasteiger partial charge in [0.1, 0.15) is 28.4 Å². The number of benzene rings is 2. The van der Waals surface area contributed by atoms with Crippen LogP contribution in [-0.2, 0) is 38.0 Å². The van der Waals surface area contributed by atoms with Crippen LogP contribution in [0.15, 0.2) is 42.5 Å². The van der Waals surface area contributed by atoms with Crippen LogP contribution in [0.4, 0.5) is 11.4 Å². The third kappa shape index (κ3) is 13.9. The number of hydrogen-bond donors (Lipinski definition) is 5. The van der Waals surface area contributed by atoms with Gasteiger partial charge in [0.2, 0.25) is 0 Å². The second-order valence-corrected chi connectivity index (χ2v) is 18.0. The summed E-state index contributed by atoms with van der Waals surface area (Å²) in [4.78, 5) is 28.6. The van der Waals surface area contributed by atoms with Crippen molar-refractivity contribution >= 4 is 34.7 Å². The van der Waals surface area contributed by atoms with Crippen molar-refractivity contribution in [3.05, 3.63) is 53.6 Å². The van der Waals surface area contributed by atoms with Gasteiger partial charge in [-0.1, -0.05) is 19.9 Å². The zero-order valence-corrected chi connectivity index (χ0v) is 38.6. The molecule has 6 N–H and O–H groups in total. The molecule has 4 aliphatic carbocycles. The molecule has 6 rings (SSSR count). The van der Waals surface area contributed by atoms with Gasteiger partial charge in [-0.3, -0.25) is 10.2 Å². The van der Waals surface area contributed by atoms with Crippen molar-refractivity contribution in [2.75, 3.05) is 104 Å². The van der Waals surface area contributed by atoms with Crippen molar-refractivity contribution in [1.82, 2.24) is 5.32 Å². The molecule has 4 bridgehead atoms. The van der Waals surface area contributed by atoms with Crippen LogP contribution in [0.1, 0.15) is 83.8 Å². The monoisotopic (exact) mass is 880 g/mol. The van der Waals surface area contributed by atoms with Crippen molar-refractivity contribution in [2.24, 2.45) is 29.4 Å². The number of amides is 1. The van der Waals surface area contributed by atoms with E-state index < -0.39 is 23.0 Å². The normalized spacial score (nSPS) is 21.6.